The molecular weight excluding hydrogens is 316 g/mol. The number of halogens is 1. The third kappa shape index (κ3) is 2.70. The summed E-state index contributed by atoms with van der Waals surface area (Å²) in [4.78, 5) is 18.3. The number of nitrogens with zero attached hydrogens (tertiary/aromatic N) is 2. The number of fused-ring (bicyclic) bond motifs is 1. The Kier molecular flexibility index (Phi) is 4.01. The molecule has 2 heterocycles. The second-order valence-electron chi connectivity index (χ2n) is 5.30. The van der Waals surface area contributed by atoms with Crippen molar-refractivity contribution >= 4 is 32.7 Å². The minimum Gasteiger partial charge on any atom is -0.342 e. The molecule has 3 nitrogen and oxygen atoms in total. The van der Waals surface area contributed by atoms with E-state index in [9.17, 15) is 4.79 Å². The molecule has 4 heteroatoms. The topological polar surface area (TPSA) is 33.2 Å². The van der Waals surface area contributed by atoms with Gasteiger partial charge in [-0.25, -0.2) is 0 Å². The predicted molar refractivity (Wildman–Crippen MR) is 83.9 cm³/mol. The first-order chi connectivity index (χ1) is 9.78. The third-order valence-corrected chi connectivity index (χ3v) is 4.82. The zero-order chi connectivity index (χ0) is 13.9. The summed E-state index contributed by atoms with van der Waals surface area (Å²) in [5, 5.41) is 2.10. The summed E-state index contributed by atoms with van der Waals surface area (Å²) in [5.41, 5.74) is 2.29. The van der Waals surface area contributed by atoms with Crippen molar-refractivity contribution in [3.8, 4) is 0 Å². The second kappa shape index (κ2) is 5.92. The van der Waals surface area contributed by atoms with Gasteiger partial charge in [-0.05, 0) is 30.0 Å². The molecule has 0 radical (unpaired) electrons. The van der Waals surface area contributed by atoms with Gasteiger partial charge in [-0.3, -0.25) is 9.78 Å². The van der Waals surface area contributed by atoms with Crippen LogP contribution in [-0.4, -0.2) is 34.2 Å². The van der Waals surface area contributed by atoms with Crippen molar-refractivity contribution in [2.24, 2.45) is 5.92 Å². The second-order valence-corrected chi connectivity index (χ2v) is 5.95. The quantitative estimate of drug-likeness (QED) is 0.806. The van der Waals surface area contributed by atoms with Gasteiger partial charge in [-0.1, -0.05) is 34.1 Å². The number of likely N-dealkylation sites (tertiary alicyclic amines) is 1. The van der Waals surface area contributed by atoms with Crippen LogP contribution in [0.1, 0.15) is 12.0 Å². The minimum absolute atomic E-state index is 0.285. The first kappa shape index (κ1) is 13.6. The zero-order valence-corrected chi connectivity index (χ0v) is 12.8. The number of carbonyl (C=O) groups is 1. The highest BCUT2D eigenvalue weighted by atomic mass is 79.9. The third-order valence-electron chi connectivity index (χ3n) is 3.90. The summed E-state index contributed by atoms with van der Waals surface area (Å²) in [6, 6.07) is 10.2. The van der Waals surface area contributed by atoms with E-state index in [4.69, 9.17) is 0 Å². The molecule has 1 saturated heterocycles. The highest BCUT2D eigenvalue weighted by molar-refractivity contribution is 9.09. The van der Waals surface area contributed by atoms with Crippen LogP contribution in [0.3, 0.4) is 0 Å². The Labute approximate surface area is 127 Å². The van der Waals surface area contributed by atoms with E-state index in [0.717, 1.165) is 30.4 Å². The maximum atomic E-state index is 11.9. The fourth-order valence-electron chi connectivity index (χ4n) is 2.80. The molecule has 0 spiro atoms. The van der Waals surface area contributed by atoms with Crippen LogP contribution in [0.5, 0.6) is 0 Å². The lowest BCUT2D eigenvalue weighted by molar-refractivity contribution is -0.127. The van der Waals surface area contributed by atoms with Gasteiger partial charge in [-0.2, -0.15) is 0 Å². The number of para-hydroxylation sites is 1. The average molecular weight is 333 g/mol. The maximum absolute atomic E-state index is 11.9. The first-order valence-corrected chi connectivity index (χ1v) is 8.06. The van der Waals surface area contributed by atoms with E-state index < -0.39 is 0 Å². The first-order valence-electron chi connectivity index (χ1n) is 6.94. The summed E-state index contributed by atoms with van der Waals surface area (Å²) in [5.74, 6) is 0.754. The molecule has 1 aliphatic heterocycles. The minimum atomic E-state index is 0.285. The monoisotopic (exact) mass is 332 g/mol. The molecule has 3 rings (SSSR count). The maximum Gasteiger partial charge on any atom is 0.222 e. The van der Waals surface area contributed by atoms with Gasteiger partial charge in [-0.15, -0.1) is 0 Å². The van der Waals surface area contributed by atoms with Gasteiger partial charge < -0.3 is 4.90 Å². The van der Waals surface area contributed by atoms with E-state index in [1.165, 1.54) is 10.9 Å². The van der Waals surface area contributed by atoms with Crippen LogP contribution in [-0.2, 0) is 11.2 Å². The molecule has 1 aromatic heterocycles. The molecule has 20 heavy (non-hydrogen) atoms. The molecule has 1 unspecified atom stereocenters. The average Bonchev–Trinajstić information content (AvgIpc) is 2.85. The molecule has 1 aliphatic rings. The molecule has 0 bridgehead atoms. The number of hydrogen-bond donors (Lipinski definition) is 0. The fraction of sp³-hybridized carbons (Fsp3) is 0.375. The molecule has 1 fully saturated rings. The molecule has 2 aromatic rings. The van der Waals surface area contributed by atoms with E-state index >= 15 is 0 Å². The van der Waals surface area contributed by atoms with E-state index in [1.54, 1.807) is 0 Å². The fourth-order valence-corrected chi connectivity index (χ4v) is 3.24. The molecule has 0 aliphatic carbocycles. The van der Waals surface area contributed by atoms with Crippen molar-refractivity contribution in [2.45, 2.75) is 12.8 Å². The van der Waals surface area contributed by atoms with Crippen molar-refractivity contribution < 1.29 is 4.79 Å². The van der Waals surface area contributed by atoms with Crippen molar-refractivity contribution in [3.63, 3.8) is 0 Å². The standard InChI is InChI=1S/C16H17BrN2O/c17-10-12-9-16(20)19(11-12)8-6-13-5-7-18-15-4-2-1-3-14(13)15/h1-5,7,12H,6,8-11H2. The van der Waals surface area contributed by atoms with Crippen LogP contribution in [0.25, 0.3) is 10.9 Å². The van der Waals surface area contributed by atoms with E-state index in [0.29, 0.717) is 12.3 Å². The highest BCUT2D eigenvalue weighted by Crippen LogP contribution is 2.21. The normalized spacial score (nSPS) is 18.9. The zero-order valence-electron chi connectivity index (χ0n) is 11.3. The molecule has 1 atom stereocenters. The lowest BCUT2D eigenvalue weighted by Crippen LogP contribution is -2.27. The van der Waals surface area contributed by atoms with E-state index in [2.05, 4.69) is 33.0 Å². The number of alkyl halides is 1. The Morgan fingerprint density at radius 1 is 1.30 bits per heavy atom. The number of benzene rings is 1. The highest BCUT2D eigenvalue weighted by Gasteiger charge is 2.28. The van der Waals surface area contributed by atoms with Crippen molar-refractivity contribution in [3.05, 3.63) is 42.1 Å². The number of carbonyl (C=O) groups excluding carboxylic acids is 1. The summed E-state index contributed by atoms with van der Waals surface area (Å²) >= 11 is 3.47. The van der Waals surface area contributed by atoms with Crippen LogP contribution in [0.4, 0.5) is 0 Å². The van der Waals surface area contributed by atoms with Gasteiger partial charge in [0.2, 0.25) is 5.91 Å². The molecule has 0 saturated carbocycles. The van der Waals surface area contributed by atoms with Crippen LogP contribution in [0.2, 0.25) is 0 Å². The van der Waals surface area contributed by atoms with E-state index in [1.807, 2.05) is 29.3 Å². The predicted octanol–water partition coefficient (Wildman–Crippen LogP) is 3.02. The smallest absolute Gasteiger partial charge is 0.222 e. The summed E-state index contributed by atoms with van der Waals surface area (Å²) in [7, 11) is 0. The van der Waals surface area contributed by atoms with Gasteiger partial charge in [0.1, 0.15) is 0 Å². The molecule has 1 amide bonds. The van der Waals surface area contributed by atoms with Crippen LogP contribution in [0.15, 0.2) is 36.5 Å². The molecular formula is C16H17BrN2O. The SMILES string of the molecule is O=C1CC(CBr)CN1CCc1ccnc2ccccc12. The lowest BCUT2D eigenvalue weighted by atomic mass is 10.1. The molecule has 0 N–H and O–H groups in total. The Hall–Kier alpha value is -1.42. The van der Waals surface area contributed by atoms with Crippen LogP contribution < -0.4 is 0 Å². The van der Waals surface area contributed by atoms with Gasteiger partial charge in [0.05, 0.1) is 5.52 Å². The van der Waals surface area contributed by atoms with E-state index in [-0.39, 0.29) is 5.91 Å². The van der Waals surface area contributed by atoms with Gasteiger partial charge in [0.25, 0.3) is 0 Å². The van der Waals surface area contributed by atoms with Crippen molar-refractivity contribution in [1.82, 2.24) is 9.88 Å². The largest absolute Gasteiger partial charge is 0.342 e. The number of rotatable bonds is 4. The van der Waals surface area contributed by atoms with Crippen molar-refractivity contribution in [1.29, 1.82) is 0 Å². The number of hydrogen-bond acceptors (Lipinski definition) is 2. The summed E-state index contributed by atoms with van der Waals surface area (Å²) in [6.45, 7) is 1.68. The Morgan fingerprint density at radius 3 is 2.95 bits per heavy atom. The number of amides is 1. The van der Waals surface area contributed by atoms with Gasteiger partial charge in [0.15, 0.2) is 0 Å². The number of aromatic nitrogens is 1. The Morgan fingerprint density at radius 2 is 2.15 bits per heavy atom. The van der Waals surface area contributed by atoms with Crippen molar-refractivity contribution in [2.75, 3.05) is 18.4 Å². The lowest BCUT2D eigenvalue weighted by Gasteiger charge is -2.16. The van der Waals surface area contributed by atoms with Crippen LogP contribution in [0, 0.1) is 5.92 Å². The summed E-state index contributed by atoms with van der Waals surface area (Å²) in [6.07, 6.45) is 3.43. The Balaban J connectivity index is 1.73. The summed E-state index contributed by atoms with van der Waals surface area (Å²) < 4.78 is 0. The van der Waals surface area contributed by atoms with Crippen LogP contribution >= 0.6 is 15.9 Å². The Bertz CT molecular complexity index is 623. The number of pyridine rings is 1. The molecule has 104 valence electrons. The van der Waals surface area contributed by atoms with Gasteiger partial charge in [0, 0.05) is 36.4 Å². The van der Waals surface area contributed by atoms with Gasteiger partial charge >= 0.3 is 0 Å². The molecule has 1 aromatic carbocycles.